The van der Waals surface area contributed by atoms with Gasteiger partial charge in [0, 0.05) is 17.0 Å². The molecule has 0 bridgehead atoms. The fraction of sp³-hybridized carbons (Fsp3) is 0.381. The number of nitrogens with one attached hydrogen (secondary N) is 1. The van der Waals surface area contributed by atoms with E-state index in [1.54, 1.807) is 19.1 Å². The van der Waals surface area contributed by atoms with Crippen LogP contribution in [0.3, 0.4) is 0 Å². The predicted molar refractivity (Wildman–Crippen MR) is 104 cm³/mol. The molecule has 3 aliphatic rings. The van der Waals surface area contributed by atoms with Crippen LogP contribution >= 0.6 is 0 Å². The first kappa shape index (κ1) is 18.3. The zero-order chi connectivity index (χ0) is 19.9. The molecule has 3 amide bonds. The second kappa shape index (κ2) is 6.82. The van der Waals surface area contributed by atoms with Gasteiger partial charge in [0.1, 0.15) is 17.5 Å². The Morgan fingerprint density at radius 1 is 1.21 bits per heavy atom. The number of amides is 3. The number of nitrogens with zero attached hydrogens (tertiary/aromatic N) is 2. The van der Waals surface area contributed by atoms with Crippen LogP contribution in [0.1, 0.15) is 39.2 Å². The van der Waals surface area contributed by atoms with Crippen LogP contribution in [-0.2, 0) is 10.2 Å². The van der Waals surface area contributed by atoms with Gasteiger partial charge in [-0.25, -0.2) is 14.7 Å². The summed E-state index contributed by atoms with van der Waals surface area (Å²) in [6.45, 7) is 6.36. The van der Waals surface area contributed by atoms with Gasteiger partial charge in [0.15, 0.2) is 0 Å². The van der Waals surface area contributed by atoms with Crippen molar-refractivity contribution in [2.45, 2.75) is 45.1 Å². The lowest BCUT2D eigenvalue weighted by molar-refractivity contribution is -0.117. The maximum Gasteiger partial charge on any atom is 0.329 e. The van der Waals surface area contributed by atoms with E-state index in [0.717, 1.165) is 34.8 Å². The molecule has 2 aliphatic heterocycles. The van der Waals surface area contributed by atoms with Gasteiger partial charge in [0.25, 0.3) is 5.91 Å². The molecule has 2 fully saturated rings. The average Bonchev–Trinajstić information content (AvgIpc) is 3.32. The molecule has 7 heteroatoms. The summed E-state index contributed by atoms with van der Waals surface area (Å²) in [7, 11) is 0. The summed E-state index contributed by atoms with van der Waals surface area (Å²) in [5.74, 6) is 1.75. The van der Waals surface area contributed by atoms with Gasteiger partial charge in [0.2, 0.25) is 5.88 Å². The number of hydrogen-bond donors (Lipinski definition) is 1. The minimum atomic E-state index is -0.528. The summed E-state index contributed by atoms with van der Waals surface area (Å²) in [6.07, 6.45) is 3.69. The predicted octanol–water partition coefficient (Wildman–Crippen LogP) is 3.77. The van der Waals surface area contributed by atoms with Crippen molar-refractivity contribution in [3.63, 3.8) is 0 Å². The highest BCUT2D eigenvalue weighted by Gasteiger charge is 2.52. The first-order chi connectivity index (χ1) is 13.6. The van der Waals surface area contributed by atoms with Crippen molar-refractivity contribution >= 4 is 17.6 Å². The Morgan fingerprint density at radius 3 is 2.61 bits per heavy atom. The van der Waals surface area contributed by atoms with Gasteiger partial charge in [-0.05, 0) is 38.0 Å². The molecule has 3 heterocycles. The van der Waals surface area contributed by atoms with Crippen LogP contribution in [0.15, 0.2) is 36.5 Å². The molecule has 7 nitrogen and oxygen atoms in total. The highest BCUT2D eigenvalue weighted by Crippen LogP contribution is 2.58. The van der Waals surface area contributed by atoms with Gasteiger partial charge in [0.05, 0.1) is 18.5 Å². The molecule has 5 rings (SSSR count). The number of aromatic nitrogens is 1. The largest absolute Gasteiger partial charge is 0.492 e. The summed E-state index contributed by atoms with van der Waals surface area (Å²) < 4.78 is 11.8. The molecule has 2 aromatic rings. The molecule has 1 saturated heterocycles. The Kier molecular flexibility index (Phi) is 4.45. The van der Waals surface area contributed by atoms with Gasteiger partial charge in [-0.2, -0.15) is 0 Å². The minimum Gasteiger partial charge on any atom is -0.492 e. The third kappa shape index (κ3) is 2.87. The topological polar surface area (TPSA) is 80.8 Å². The van der Waals surface area contributed by atoms with E-state index in [9.17, 15) is 9.59 Å². The van der Waals surface area contributed by atoms with Crippen LogP contribution in [0.4, 0.5) is 10.5 Å². The molecule has 1 unspecified atom stereocenters. The number of hydrogen-bond acceptors (Lipinski definition) is 5. The highest BCUT2D eigenvalue weighted by atomic mass is 16.5. The third-order valence-electron chi connectivity index (χ3n) is 5.20. The number of carbonyl (C=O) groups excluding carboxylic acids is 2. The van der Waals surface area contributed by atoms with Crippen molar-refractivity contribution < 1.29 is 19.1 Å². The van der Waals surface area contributed by atoms with E-state index in [1.807, 2.05) is 32.0 Å². The van der Waals surface area contributed by atoms with Crippen molar-refractivity contribution in [1.82, 2.24) is 10.3 Å². The summed E-state index contributed by atoms with van der Waals surface area (Å²) in [4.78, 5) is 29.3. The first-order valence-electron chi connectivity index (χ1n) is 9.62. The molecule has 1 aliphatic carbocycles. The van der Waals surface area contributed by atoms with Crippen LogP contribution in [-0.4, -0.2) is 29.6 Å². The fourth-order valence-electron chi connectivity index (χ4n) is 3.60. The molecule has 146 valence electrons. The molecule has 1 atom stereocenters. The summed E-state index contributed by atoms with van der Waals surface area (Å²) in [5.41, 5.74) is 1.64. The Bertz CT molecular complexity index is 922. The number of urea groups is 1. The summed E-state index contributed by atoms with van der Waals surface area (Å²) in [6, 6.07) is 8.13. The van der Waals surface area contributed by atoms with Crippen LogP contribution in [0.2, 0.25) is 0 Å². The van der Waals surface area contributed by atoms with Gasteiger partial charge in [-0.3, -0.25) is 4.79 Å². The van der Waals surface area contributed by atoms with E-state index in [2.05, 4.69) is 10.3 Å². The lowest BCUT2D eigenvalue weighted by Crippen LogP contribution is -2.30. The maximum absolute atomic E-state index is 12.1. The van der Waals surface area contributed by atoms with Gasteiger partial charge >= 0.3 is 6.03 Å². The minimum absolute atomic E-state index is 0.0993. The maximum atomic E-state index is 12.1. The van der Waals surface area contributed by atoms with Crippen LogP contribution in [0.25, 0.3) is 0 Å². The molecule has 1 saturated carbocycles. The second-order valence-corrected chi connectivity index (χ2v) is 7.00. The quantitative estimate of drug-likeness (QED) is 0.819. The molecular weight excluding hydrogens is 358 g/mol. The summed E-state index contributed by atoms with van der Waals surface area (Å²) >= 11 is 0. The van der Waals surface area contributed by atoms with E-state index in [-0.39, 0.29) is 11.3 Å². The first-order valence-corrected chi connectivity index (χ1v) is 9.62. The van der Waals surface area contributed by atoms with Crippen molar-refractivity contribution in [2.75, 3.05) is 11.5 Å². The lowest BCUT2D eigenvalue weighted by Gasteiger charge is -2.14. The van der Waals surface area contributed by atoms with E-state index < -0.39 is 12.1 Å². The van der Waals surface area contributed by atoms with Gasteiger partial charge < -0.3 is 14.8 Å². The van der Waals surface area contributed by atoms with Gasteiger partial charge in [-0.15, -0.1) is 0 Å². The lowest BCUT2D eigenvalue weighted by atomic mass is 9.97. The zero-order valence-electron chi connectivity index (χ0n) is 16.2. The zero-order valence-corrected chi connectivity index (χ0v) is 16.2. The molecular formula is C21H23N3O4. The third-order valence-corrected chi connectivity index (χ3v) is 5.20. The van der Waals surface area contributed by atoms with Crippen molar-refractivity contribution in [3.05, 3.63) is 42.1 Å². The number of carbonyl (C=O) groups is 2. The van der Waals surface area contributed by atoms with E-state index >= 15 is 0 Å². The number of fused-ring (bicyclic) bond motifs is 2. The van der Waals surface area contributed by atoms with Crippen LogP contribution in [0.5, 0.6) is 17.4 Å². The van der Waals surface area contributed by atoms with Crippen LogP contribution < -0.4 is 19.7 Å². The molecule has 1 aromatic carbocycles. The Balaban J connectivity index is 0.000000932. The van der Waals surface area contributed by atoms with E-state index in [1.165, 1.54) is 6.20 Å². The summed E-state index contributed by atoms with van der Waals surface area (Å²) in [5, 5.41) is 2.58. The SMILES string of the molecule is CC.CC1NC(=O)N(c2ccc(Oc3cccc4c3C3(CC3)CO4)nc2)C1=O. The second-order valence-electron chi connectivity index (χ2n) is 7.00. The fourth-order valence-corrected chi connectivity index (χ4v) is 3.60. The number of ether oxygens (including phenoxy) is 2. The number of imide groups is 1. The number of rotatable bonds is 3. The molecule has 1 aromatic heterocycles. The molecule has 28 heavy (non-hydrogen) atoms. The molecule has 1 N–H and O–H groups in total. The van der Waals surface area contributed by atoms with Crippen LogP contribution in [0, 0.1) is 0 Å². The average molecular weight is 381 g/mol. The highest BCUT2D eigenvalue weighted by molar-refractivity contribution is 6.21. The normalized spacial score (nSPS) is 20.8. The number of pyridine rings is 1. The smallest absolute Gasteiger partial charge is 0.329 e. The van der Waals surface area contributed by atoms with Crippen molar-refractivity contribution in [2.24, 2.45) is 0 Å². The Labute approximate surface area is 163 Å². The van der Waals surface area contributed by atoms with Gasteiger partial charge in [-0.1, -0.05) is 19.9 Å². The van der Waals surface area contributed by atoms with E-state index in [0.29, 0.717) is 18.2 Å². The number of anilines is 1. The molecule has 0 radical (unpaired) electrons. The monoisotopic (exact) mass is 381 g/mol. The van der Waals surface area contributed by atoms with Crippen molar-refractivity contribution in [3.8, 4) is 17.4 Å². The molecule has 1 spiro atoms. The number of benzene rings is 1. The Hall–Kier alpha value is -3.09. The van der Waals surface area contributed by atoms with Crippen molar-refractivity contribution in [1.29, 1.82) is 0 Å². The Morgan fingerprint density at radius 2 is 2.00 bits per heavy atom. The van der Waals surface area contributed by atoms with E-state index in [4.69, 9.17) is 9.47 Å². The standard InChI is InChI=1S/C19H17N3O4.C2H6/c1-11-17(23)22(18(24)21-11)12-5-6-15(20-9-12)26-14-4-2-3-13-16(14)19(7-8-19)10-25-13;1-2/h2-6,9,11H,7-8,10H2,1H3,(H,21,24);1-2H3.